The predicted molar refractivity (Wildman–Crippen MR) is 40.9 cm³/mol. The van der Waals surface area contributed by atoms with Crippen molar-refractivity contribution in [3.63, 3.8) is 0 Å². The number of aryl methyl sites for hydroxylation is 1. The molecule has 1 N–H and O–H groups in total. The van der Waals surface area contributed by atoms with E-state index in [1.165, 1.54) is 6.92 Å². The summed E-state index contributed by atoms with van der Waals surface area (Å²) in [6, 6.07) is 0. The molecule has 0 aromatic carbocycles. The number of carbonyl (C=O) groups is 1. The fourth-order valence-corrected chi connectivity index (χ4v) is 0.663. The van der Waals surface area contributed by atoms with Crippen LogP contribution < -0.4 is 0 Å². The van der Waals surface area contributed by atoms with Crippen molar-refractivity contribution < 1.29 is 19.1 Å². The van der Waals surface area contributed by atoms with Crippen molar-refractivity contribution in [1.82, 2.24) is 10.2 Å². The topological polar surface area (TPSA) is 85.5 Å². The molecule has 6 nitrogen and oxygen atoms in total. The molecule has 0 amide bonds. The molecule has 1 aromatic heterocycles. The van der Waals surface area contributed by atoms with Gasteiger partial charge in [0.05, 0.1) is 0 Å². The van der Waals surface area contributed by atoms with Gasteiger partial charge >= 0.3 is 5.97 Å². The summed E-state index contributed by atoms with van der Waals surface area (Å²) in [5.74, 6) is -0.302. The van der Waals surface area contributed by atoms with Crippen molar-refractivity contribution in [1.29, 1.82) is 0 Å². The van der Waals surface area contributed by atoms with Gasteiger partial charge in [-0.3, -0.25) is 0 Å². The lowest BCUT2D eigenvalue weighted by molar-refractivity contribution is -0.150. The van der Waals surface area contributed by atoms with Crippen LogP contribution in [0.1, 0.15) is 18.7 Å². The van der Waals surface area contributed by atoms with Gasteiger partial charge in [-0.25, -0.2) is 4.79 Å². The maximum Gasteiger partial charge on any atom is 0.332 e. The summed E-state index contributed by atoms with van der Waals surface area (Å²) in [6.07, 6.45) is -0.868. The highest BCUT2D eigenvalue weighted by Crippen LogP contribution is 2.02. The highest BCUT2D eigenvalue weighted by Gasteiger charge is 2.12. The largest absolute Gasteiger partial charge is 0.479 e. The van der Waals surface area contributed by atoms with E-state index in [1.807, 2.05) is 0 Å². The van der Waals surface area contributed by atoms with Crippen molar-refractivity contribution in [2.24, 2.45) is 0 Å². The maximum atomic E-state index is 10.3. The van der Waals surface area contributed by atoms with E-state index < -0.39 is 12.1 Å². The van der Waals surface area contributed by atoms with Gasteiger partial charge < -0.3 is 14.3 Å². The van der Waals surface area contributed by atoms with Gasteiger partial charge in [0, 0.05) is 6.92 Å². The average Bonchev–Trinajstić information content (AvgIpc) is 2.47. The zero-order valence-corrected chi connectivity index (χ0v) is 7.35. The number of carboxylic acids is 1. The summed E-state index contributed by atoms with van der Waals surface area (Å²) >= 11 is 0. The van der Waals surface area contributed by atoms with Gasteiger partial charge in [-0.05, 0) is 6.92 Å². The first kappa shape index (κ1) is 9.66. The Bertz CT molecular complexity index is 296. The van der Waals surface area contributed by atoms with Crippen molar-refractivity contribution in [3.8, 4) is 0 Å². The third kappa shape index (κ3) is 2.83. The molecular weight excluding hydrogens is 176 g/mol. The summed E-state index contributed by atoms with van der Waals surface area (Å²) in [5, 5.41) is 15.7. The number of hydrogen-bond acceptors (Lipinski definition) is 5. The predicted octanol–water partition coefficient (Wildman–Crippen LogP) is 0.368. The summed E-state index contributed by atoms with van der Waals surface area (Å²) < 4.78 is 9.88. The first-order valence-corrected chi connectivity index (χ1v) is 3.73. The second kappa shape index (κ2) is 3.99. The highest BCUT2D eigenvalue weighted by molar-refractivity contribution is 5.71. The van der Waals surface area contributed by atoms with Crippen molar-refractivity contribution in [2.45, 2.75) is 26.6 Å². The van der Waals surface area contributed by atoms with Crippen LogP contribution in [0.5, 0.6) is 0 Å². The molecule has 0 aliphatic rings. The smallest absolute Gasteiger partial charge is 0.332 e. The molecule has 0 aliphatic heterocycles. The van der Waals surface area contributed by atoms with Crippen LogP contribution >= 0.6 is 0 Å². The zero-order chi connectivity index (χ0) is 9.84. The Morgan fingerprint density at radius 2 is 2.38 bits per heavy atom. The third-order valence-corrected chi connectivity index (χ3v) is 1.37. The Kier molecular flexibility index (Phi) is 2.97. The van der Waals surface area contributed by atoms with Gasteiger partial charge in [-0.15, -0.1) is 10.2 Å². The van der Waals surface area contributed by atoms with Gasteiger partial charge in [0.2, 0.25) is 11.8 Å². The van der Waals surface area contributed by atoms with Crippen LogP contribution in [-0.4, -0.2) is 27.4 Å². The van der Waals surface area contributed by atoms with E-state index in [9.17, 15) is 4.79 Å². The van der Waals surface area contributed by atoms with E-state index in [0.29, 0.717) is 5.89 Å². The number of aliphatic carboxylic acids is 1. The summed E-state index contributed by atoms with van der Waals surface area (Å²) in [5.41, 5.74) is 0. The second-order valence-electron chi connectivity index (χ2n) is 2.51. The molecule has 0 spiro atoms. The monoisotopic (exact) mass is 186 g/mol. The molecule has 1 aromatic rings. The van der Waals surface area contributed by atoms with Crippen LogP contribution in [0.2, 0.25) is 0 Å². The van der Waals surface area contributed by atoms with E-state index in [2.05, 4.69) is 10.2 Å². The van der Waals surface area contributed by atoms with E-state index in [-0.39, 0.29) is 12.5 Å². The van der Waals surface area contributed by atoms with Gasteiger partial charge in [0.15, 0.2) is 6.10 Å². The van der Waals surface area contributed by atoms with Crippen LogP contribution in [0, 0.1) is 6.92 Å². The molecule has 0 unspecified atom stereocenters. The first-order valence-electron chi connectivity index (χ1n) is 3.73. The molecule has 0 saturated carbocycles. The minimum atomic E-state index is -1.02. The molecule has 0 aliphatic carbocycles. The minimum Gasteiger partial charge on any atom is -0.479 e. The fourth-order valence-electron chi connectivity index (χ4n) is 0.663. The molecule has 0 bridgehead atoms. The standard InChI is InChI=1S/C7H10N2O4/c1-4(7(10)11)12-3-6-9-8-5(2)13-6/h4H,3H2,1-2H3,(H,10,11)/t4-/m1/s1. The number of aromatic nitrogens is 2. The molecule has 1 rings (SSSR count). The molecular formula is C7H10N2O4. The molecule has 72 valence electrons. The van der Waals surface area contributed by atoms with Crippen molar-refractivity contribution in [2.75, 3.05) is 0 Å². The molecule has 13 heavy (non-hydrogen) atoms. The fraction of sp³-hybridized carbons (Fsp3) is 0.571. The van der Waals surface area contributed by atoms with Crippen LogP contribution in [-0.2, 0) is 16.1 Å². The molecule has 0 saturated heterocycles. The number of ether oxygens (including phenoxy) is 1. The number of nitrogens with zero attached hydrogens (tertiary/aromatic N) is 2. The Labute approximate surface area is 74.5 Å². The van der Waals surface area contributed by atoms with Crippen LogP contribution in [0.15, 0.2) is 4.42 Å². The summed E-state index contributed by atoms with van der Waals surface area (Å²) in [6.45, 7) is 3.11. The van der Waals surface area contributed by atoms with Crippen molar-refractivity contribution >= 4 is 5.97 Å². The quantitative estimate of drug-likeness (QED) is 0.731. The van der Waals surface area contributed by atoms with Crippen molar-refractivity contribution in [3.05, 3.63) is 11.8 Å². The minimum absolute atomic E-state index is 0.0221. The van der Waals surface area contributed by atoms with Crippen LogP contribution in [0.4, 0.5) is 0 Å². The second-order valence-corrected chi connectivity index (χ2v) is 2.51. The van der Waals surface area contributed by atoms with Gasteiger partial charge in [-0.1, -0.05) is 0 Å². The van der Waals surface area contributed by atoms with E-state index in [0.717, 1.165) is 0 Å². The molecule has 0 fully saturated rings. The Hall–Kier alpha value is -1.43. The molecule has 1 heterocycles. The Morgan fingerprint density at radius 1 is 1.69 bits per heavy atom. The highest BCUT2D eigenvalue weighted by atomic mass is 16.5. The number of carboxylic acid groups (broad SMARTS) is 1. The normalized spacial score (nSPS) is 12.8. The van der Waals surface area contributed by atoms with Gasteiger partial charge in [0.25, 0.3) is 0 Å². The maximum absolute atomic E-state index is 10.3. The number of hydrogen-bond donors (Lipinski definition) is 1. The van der Waals surface area contributed by atoms with Gasteiger partial charge in [0.1, 0.15) is 6.61 Å². The Balaban J connectivity index is 2.39. The lowest BCUT2D eigenvalue weighted by atomic mass is 10.4. The van der Waals surface area contributed by atoms with E-state index in [1.54, 1.807) is 6.92 Å². The van der Waals surface area contributed by atoms with Crippen LogP contribution in [0.3, 0.4) is 0 Å². The summed E-state index contributed by atoms with van der Waals surface area (Å²) in [7, 11) is 0. The molecule has 0 radical (unpaired) electrons. The zero-order valence-electron chi connectivity index (χ0n) is 7.35. The molecule has 1 atom stereocenters. The van der Waals surface area contributed by atoms with Crippen LogP contribution in [0.25, 0.3) is 0 Å². The lowest BCUT2D eigenvalue weighted by Crippen LogP contribution is -2.19. The average molecular weight is 186 g/mol. The number of rotatable bonds is 4. The first-order chi connectivity index (χ1) is 6.09. The third-order valence-electron chi connectivity index (χ3n) is 1.37. The lowest BCUT2D eigenvalue weighted by Gasteiger charge is -2.04. The molecule has 6 heteroatoms. The SMILES string of the molecule is Cc1nnc(CO[C@H](C)C(=O)O)o1. The summed E-state index contributed by atoms with van der Waals surface area (Å²) in [4.78, 5) is 10.3. The van der Waals surface area contributed by atoms with E-state index in [4.69, 9.17) is 14.3 Å². The Morgan fingerprint density at radius 3 is 2.85 bits per heavy atom. The van der Waals surface area contributed by atoms with E-state index >= 15 is 0 Å². The van der Waals surface area contributed by atoms with Gasteiger partial charge in [-0.2, -0.15) is 0 Å².